The van der Waals surface area contributed by atoms with E-state index in [1.165, 1.54) is 0 Å². The molecule has 0 aliphatic rings. The van der Waals surface area contributed by atoms with Gasteiger partial charge in [-0.2, -0.15) is 0 Å². The lowest BCUT2D eigenvalue weighted by molar-refractivity contribution is -0.143. The van der Waals surface area contributed by atoms with E-state index in [2.05, 4.69) is 0 Å². The van der Waals surface area contributed by atoms with Crippen molar-refractivity contribution in [3.63, 3.8) is 0 Å². The number of ether oxygens (including phenoxy) is 3. The zero-order valence-corrected chi connectivity index (χ0v) is 16.1. The Hall–Kier alpha value is -3.31. The molecule has 3 rings (SSSR count). The van der Waals surface area contributed by atoms with Gasteiger partial charge in [-0.1, -0.05) is 66.7 Å². The maximum atomic E-state index is 11.9. The molecular weight excluding hydrogens is 368 g/mol. The molecule has 0 fully saturated rings. The van der Waals surface area contributed by atoms with Gasteiger partial charge in [0.05, 0.1) is 13.0 Å². The summed E-state index contributed by atoms with van der Waals surface area (Å²) >= 11 is 0. The zero-order chi connectivity index (χ0) is 20.3. The largest absolute Gasteiger partial charge is 0.485 e. The molecule has 29 heavy (non-hydrogen) atoms. The Morgan fingerprint density at radius 3 is 1.90 bits per heavy atom. The zero-order valence-electron chi connectivity index (χ0n) is 16.1. The lowest BCUT2D eigenvalue weighted by Gasteiger charge is -2.14. The van der Waals surface area contributed by atoms with Gasteiger partial charge in [0.25, 0.3) is 0 Å². The average molecular weight is 392 g/mol. The van der Waals surface area contributed by atoms with Gasteiger partial charge >= 0.3 is 5.97 Å². The van der Waals surface area contributed by atoms with Crippen molar-refractivity contribution < 1.29 is 24.1 Å². The van der Waals surface area contributed by atoms with Gasteiger partial charge in [-0.25, -0.2) is 0 Å². The number of carbonyl (C=O) groups is 1. The first-order valence-electron chi connectivity index (χ1n) is 9.47. The number of esters is 1. The van der Waals surface area contributed by atoms with Crippen molar-refractivity contribution >= 4 is 5.97 Å². The molecule has 3 aromatic carbocycles. The lowest BCUT2D eigenvalue weighted by Crippen LogP contribution is -2.11. The van der Waals surface area contributed by atoms with E-state index in [0.717, 1.165) is 16.7 Å². The Morgan fingerprint density at radius 1 is 0.724 bits per heavy atom. The Morgan fingerprint density at radius 2 is 1.31 bits per heavy atom. The number of aliphatic hydroxyl groups excluding tert-OH is 1. The van der Waals surface area contributed by atoms with Crippen LogP contribution in [0.25, 0.3) is 0 Å². The van der Waals surface area contributed by atoms with E-state index < -0.39 is 5.97 Å². The van der Waals surface area contributed by atoms with Gasteiger partial charge in [-0.15, -0.1) is 0 Å². The third kappa shape index (κ3) is 6.66. The monoisotopic (exact) mass is 392 g/mol. The Bertz CT molecular complexity index is 894. The normalized spacial score (nSPS) is 10.4. The molecule has 3 aromatic rings. The lowest BCUT2D eigenvalue weighted by atomic mass is 10.1. The smallest absolute Gasteiger partial charge is 0.310 e. The quantitative estimate of drug-likeness (QED) is 0.530. The van der Waals surface area contributed by atoms with Gasteiger partial charge in [-0.3, -0.25) is 4.79 Å². The third-order valence-corrected chi connectivity index (χ3v) is 4.19. The molecule has 0 aromatic heterocycles. The minimum Gasteiger partial charge on any atom is -0.485 e. The number of carbonyl (C=O) groups excluding carboxylic acids is 1. The summed E-state index contributed by atoms with van der Waals surface area (Å²) in [7, 11) is 0. The molecule has 0 bridgehead atoms. The van der Waals surface area contributed by atoms with E-state index in [4.69, 9.17) is 19.3 Å². The molecule has 0 saturated heterocycles. The summed E-state index contributed by atoms with van der Waals surface area (Å²) in [4.78, 5) is 11.9. The summed E-state index contributed by atoms with van der Waals surface area (Å²) in [6, 6.07) is 25.1. The summed E-state index contributed by atoms with van der Waals surface area (Å²) in [6.07, 6.45) is 0.0979. The van der Waals surface area contributed by atoms with Gasteiger partial charge in [0.2, 0.25) is 0 Å². The van der Waals surface area contributed by atoms with Crippen LogP contribution < -0.4 is 9.47 Å². The fourth-order valence-corrected chi connectivity index (χ4v) is 2.74. The first-order valence-corrected chi connectivity index (χ1v) is 9.47. The minimum absolute atomic E-state index is 0.00549. The average Bonchev–Trinajstić information content (AvgIpc) is 2.77. The predicted molar refractivity (Wildman–Crippen MR) is 110 cm³/mol. The van der Waals surface area contributed by atoms with Crippen LogP contribution in [0.4, 0.5) is 0 Å². The molecule has 0 aliphatic heterocycles. The Balaban J connectivity index is 1.73. The number of hydrogen-bond donors (Lipinski definition) is 1. The van der Waals surface area contributed by atoms with E-state index in [-0.39, 0.29) is 19.6 Å². The molecule has 150 valence electrons. The Kier molecular flexibility index (Phi) is 7.66. The second kappa shape index (κ2) is 10.9. The molecule has 1 N–H and O–H groups in total. The summed E-state index contributed by atoms with van der Waals surface area (Å²) in [5, 5.41) is 8.78. The number of hydrogen-bond acceptors (Lipinski definition) is 5. The van der Waals surface area contributed by atoms with E-state index in [9.17, 15) is 4.79 Å². The van der Waals surface area contributed by atoms with E-state index in [0.29, 0.717) is 24.7 Å². The van der Waals surface area contributed by atoms with Crippen molar-refractivity contribution in [2.45, 2.75) is 19.6 Å². The predicted octanol–water partition coefficient (Wildman–Crippen LogP) is 3.92. The summed E-state index contributed by atoms with van der Waals surface area (Å²) in [6.45, 7) is 0.610. The molecule has 0 saturated carbocycles. The van der Waals surface area contributed by atoms with Gasteiger partial charge in [0.1, 0.15) is 19.8 Å². The number of rotatable bonds is 10. The van der Waals surface area contributed by atoms with Crippen LogP contribution in [-0.4, -0.2) is 24.3 Å². The van der Waals surface area contributed by atoms with E-state index in [1.54, 1.807) is 12.1 Å². The minimum atomic E-state index is -0.397. The van der Waals surface area contributed by atoms with Crippen LogP contribution in [0, 0.1) is 0 Å². The maximum absolute atomic E-state index is 11.9. The summed E-state index contributed by atoms with van der Waals surface area (Å²) in [5.41, 5.74) is 2.84. The van der Waals surface area contributed by atoms with Crippen molar-refractivity contribution in [3.05, 3.63) is 95.6 Å². The van der Waals surface area contributed by atoms with Gasteiger partial charge in [0, 0.05) is 0 Å². The van der Waals surface area contributed by atoms with Crippen LogP contribution in [0.3, 0.4) is 0 Å². The first-order chi connectivity index (χ1) is 14.2. The molecule has 5 heteroatoms. The molecule has 0 aliphatic carbocycles. The van der Waals surface area contributed by atoms with Gasteiger partial charge < -0.3 is 19.3 Å². The Labute approximate surface area is 170 Å². The second-order valence-corrected chi connectivity index (χ2v) is 6.45. The van der Waals surface area contributed by atoms with Crippen LogP contribution in [0.1, 0.15) is 16.7 Å². The van der Waals surface area contributed by atoms with Crippen LogP contribution in [0.15, 0.2) is 78.9 Å². The van der Waals surface area contributed by atoms with Crippen LogP contribution in [0.5, 0.6) is 11.5 Å². The molecule has 0 unspecified atom stereocenters. The fraction of sp³-hybridized carbons (Fsp3) is 0.208. The second-order valence-electron chi connectivity index (χ2n) is 6.45. The van der Waals surface area contributed by atoms with Crippen LogP contribution >= 0.6 is 0 Å². The molecule has 0 heterocycles. The highest BCUT2D eigenvalue weighted by atomic mass is 16.5. The fourth-order valence-electron chi connectivity index (χ4n) is 2.74. The number of benzene rings is 3. The van der Waals surface area contributed by atoms with Crippen molar-refractivity contribution in [3.8, 4) is 11.5 Å². The highest BCUT2D eigenvalue weighted by Gasteiger charge is 2.11. The van der Waals surface area contributed by atoms with E-state index in [1.807, 2.05) is 66.7 Å². The SMILES string of the molecule is O=C(Cc1ccc(OCc2ccccc2)c(OCc2ccccc2)c1)OCCO. The molecule has 5 nitrogen and oxygen atoms in total. The third-order valence-electron chi connectivity index (χ3n) is 4.19. The summed E-state index contributed by atoms with van der Waals surface area (Å²) < 4.78 is 16.9. The van der Waals surface area contributed by atoms with Gasteiger partial charge in [0.15, 0.2) is 11.5 Å². The van der Waals surface area contributed by atoms with Crippen LogP contribution in [0.2, 0.25) is 0 Å². The van der Waals surface area contributed by atoms with Gasteiger partial charge in [-0.05, 0) is 28.8 Å². The topological polar surface area (TPSA) is 65.0 Å². The standard InChI is InChI=1S/C24H24O5/c25-13-14-27-24(26)16-21-11-12-22(28-17-19-7-3-1-4-8-19)23(15-21)29-18-20-9-5-2-6-10-20/h1-12,15,25H,13-14,16-18H2. The molecule has 0 amide bonds. The van der Waals surface area contributed by atoms with E-state index >= 15 is 0 Å². The highest BCUT2D eigenvalue weighted by molar-refractivity contribution is 5.73. The summed E-state index contributed by atoms with van der Waals surface area (Å²) in [5.74, 6) is 0.778. The molecule has 0 atom stereocenters. The molecule has 0 radical (unpaired) electrons. The first kappa shape index (κ1) is 20.4. The molecular formula is C24H24O5. The van der Waals surface area contributed by atoms with Crippen LogP contribution in [-0.2, 0) is 29.2 Å². The van der Waals surface area contributed by atoms with Crippen molar-refractivity contribution in [1.29, 1.82) is 0 Å². The van der Waals surface area contributed by atoms with Crippen molar-refractivity contribution in [2.24, 2.45) is 0 Å². The number of aliphatic hydroxyl groups is 1. The highest BCUT2D eigenvalue weighted by Crippen LogP contribution is 2.30. The van der Waals surface area contributed by atoms with Crippen molar-refractivity contribution in [1.82, 2.24) is 0 Å². The molecule has 0 spiro atoms. The van der Waals surface area contributed by atoms with Crippen molar-refractivity contribution in [2.75, 3.05) is 13.2 Å². The maximum Gasteiger partial charge on any atom is 0.310 e.